The van der Waals surface area contributed by atoms with E-state index in [-0.39, 0.29) is 5.41 Å². The second kappa shape index (κ2) is 4.70. The van der Waals surface area contributed by atoms with E-state index in [9.17, 15) is 0 Å². The lowest BCUT2D eigenvalue weighted by Crippen LogP contribution is -2.06. The van der Waals surface area contributed by atoms with Gasteiger partial charge >= 0.3 is 0 Å². The molecule has 0 aliphatic carbocycles. The molecule has 0 saturated heterocycles. The van der Waals surface area contributed by atoms with Crippen LogP contribution in [0.25, 0.3) is 10.8 Å². The molecule has 0 fully saturated rings. The van der Waals surface area contributed by atoms with Gasteiger partial charge in [-0.05, 0) is 27.8 Å². The lowest BCUT2D eigenvalue weighted by atomic mass is 9.99. The van der Waals surface area contributed by atoms with Gasteiger partial charge in [-0.3, -0.25) is 4.99 Å². The van der Waals surface area contributed by atoms with Crippen LogP contribution in [0.4, 0.5) is 0 Å². The van der Waals surface area contributed by atoms with Gasteiger partial charge in [0.2, 0.25) is 0 Å². The Hall–Kier alpha value is -1.63. The normalized spacial score (nSPS) is 12.4. The highest BCUT2D eigenvalue weighted by molar-refractivity contribution is 5.83. The van der Waals surface area contributed by atoms with Gasteiger partial charge < -0.3 is 0 Å². The Bertz CT molecular complexity index is 532. The second-order valence-corrected chi connectivity index (χ2v) is 5.52. The summed E-state index contributed by atoms with van der Waals surface area (Å²) in [5, 5.41) is 2.58. The third-order valence-electron chi connectivity index (χ3n) is 2.57. The molecule has 0 N–H and O–H groups in total. The first-order valence-corrected chi connectivity index (χ1v) is 6.03. The van der Waals surface area contributed by atoms with Crippen LogP contribution in [0.3, 0.4) is 0 Å². The summed E-state index contributed by atoms with van der Waals surface area (Å²) in [6.07, 6.45) is 2.03. The van der Waals surface area contributed by atoms with Crippen molar-refractivity contribution in [3.05, 3.63) is 48.0 Å². The van der Waals surface area contributed by atoms with Crippen LogP contribution in [-0.2, 0) is 6.54 Å². The van der Waals surface area contributed by atoms with E-state index in [4.69, 9.17) is 0 Å². The molecule has 0 heterocycles. The van der Waals surface area contributed by atoms with Crippen molar-refractivity contribution in [3.63, 3.8) is 0 Å². The van der Waals surface area contributed by atoms with Gasteiger partial charge in [0.1, 0.15) is 0 Å². The van der Waals surface area contributed by atoms with Crippen LogP contribution in [0.5, 0.6) is 0 Å². The minimum atomic E-state index is 0.164. The van der Waals surface area contributed by atoms with Crippen molar-refractivity contribution in [2.45, 2.75) is 27.3 Å². The van der Waals surface area contributed by atoms with Gasteiger partial charge in [0.05, 0.1) is 6.54 Å². The molecule has 0 aliphatic heterocycles. The molecule has 0 aromatic heterocycles. The quantitative estimate of drug-likeness (QED) is 0.669. The third kappa shape index (κ3) is 3.42. The Kier molecular flexibility index (Phi) is 3.28. The zero-order valence-electron chi connectivity index (χ0n) is 10.8. The standard InChI is InChI=1S/C16H19N/c1-16(2,3)12-17-11-13-8-9-14-6-4-5-7-15(14)10-13/h4-10,12H,11H2,1-3H3. The summed E-state index contributed by atoms with van der Waals surface area (Å²) < 4.78 is 0. The number of aliphatic imine (C=N–C) groups is 1. The molecular formula is C16H19N. The average molecular weight is 225 g/mol. The van der Waals surface area contributed by atoms with Gasteiger partial charge in [0, 0.05) is 6.21 Å². The summed E-state index contributed by atoms with van der Waals surface area (Å²) in [4.78, 5) is 4.49. The summed E-state index contributed by atoms with van der Waals surface area (Å²) >= 11 is 0. The maximum absolute atomic E-state index is 4.49. The molecule has 1 nitrogen and oxygen atoms in total. The van der Waals surface area contributed by atoms with E-state index in [0.29, 0.717) is 0 Å². The van der Waals surface area contributed by atoms with Crippen molar-refractivity contribution in [2.24, 2.45) is 10.4 Å². The van der Waals surface area contributed by atoms with Crippen LogP contribution in [0.1, 0.15) is 26.3 Å². The maximum Gasteiger partial charge on any atom is 0.0636 e. The van der Waals surface area contributed by atoms with Gasteiger partial charge in [0.25, 0.3) is 0 Å². The van der Waals surface area contributed by atoms with Crippen LogP contribution < -0.4 is 0 Å². The smallest absolute Gasteiger partial charge is 0.0636 e. The lowest BCUT2D eigenvalue weighted by molar-refractivity contribution is 0.604. The largest absolute Gasteiger partial charge is 0.292 e. The van der Waals surface area contributed by atoms with Gasteiger partial charge in [-0.25, -0.2) is 0 Å². The Balaban J connectivity index is 2.17. The highest BCUT2D eigenvalue weighted by atomic mass is 14.7. The first kappa shape index (κ1) is 11.8. The van der Waals surface area contributed by atoms with Crippen molar-refractivity contribution in [1.29, 1.82) is 0 Å². The molecule has 2 rings (SSSR count). The second-order valence-electron chi connectivity index (χ2n) is 5.52. The third-order valence-corrected chi connectivity index (χ3v) is 2.57. The Labute approximate surface area is 103 Å². The van der Waals surface area contributed by atoms with E-state index in [1.54, 1.807) is 0 Å². The summed E-state index contributed by atoms with van der Waals surface area (Å²) in [6, 6.07) is 15.0. The van der Waals surface area contributed by atoms with E-state index in [2.05, 4.69) is 68.2 Å². The molecule has 1 heteroatoms. The molecular weight excluding hydrogens is 206 g/mol. The summed E-state index contributed by atoms with van der Waals surface area (Å²) in [6.45, 7) is 7.26. The van der Waals surface area contributed by atoms with E-state index in [1.165, 1.54) is 16.3 Å². The summed E-state index contributed by atoms with van der Waals surface area (Å²) in [5.41, 5.74) is 1.43. The number of benzene rings is 2. The van der Waals surface area contributed by atoms with Gasteiger partial charge in [0.15, 0.2) is 0 Å². The highest BCUT2D eigenvalue weighted by Gasteiger charge is 2.04. The predicted molar refractivity (Wildman–Crippen MR) is 75.6 cm³/mol. The molecule has 0 radical (unpaired) electrons. The first-order valence-electron chi connectivity index (χ1n) is 6.03. The van der Waals surface area contributed by atoms with Crippen molar-refractivity contribution in [2.75, 3.05) is 0 Å². The van der Waals surface area contributed by atoms with Crippen LogP contribution in [-0.4, -0.2) is 6.21 Å². The van der Waals surface area contributed by atoms with Crippen LogP contribution in [0.2, 0.25) is 0 Å². The number of nitrogens with zero attached hydrogens (tertiary/aromatic N) is 1. The van der Waals surface area contributed by atoms with Crippen molar-refractivity contribution in [1.82, 2.24) is 0 Å². The predicted octanol–water partition coefficient (Wildman–Crippen LogP) is 4.46. The molecule has 88 valence electrons. The topological polar surface area (TPSA) is 12.4 Å². The zero-order valence-corrected chi connectivity index (χ0v) is 10.8. The SMILES string of the molecule is CC(C)(C)C=NCc1ccc2ccccc2c1. The molecule has 0 bridgehead atoms. The van der Waals surface area contributed by atoms with Gasteiger partial charge in [-0.15, -0.1) is 0 Å². The molecule has 0 atom stereocenters. The van der Waals surface area contributed by atoms with E-state index in [0.717, 1.165) is 6.54 Å². The minimum Gasteiger partial charge on any atom is -0.292 e. The van der Waals surface area contributed by atoms with Crippen molar-refractivity contribution < 1.29 is 0 Å². The van der Waals surface area contributed by atoms with Crippen LogP contribution >= 0.6 is 0 Å². The Morgan fingerprint density at radius 1 is 1.00 bits per heavy atom. The maximum atomic E-state index is 4.49. The van der Waals surface area contributed by atoms with Crippen molar-refractivity contribution >= 4 is 17.0 Å². The molecule has 0 unspecified atom stereocenters. The fourth-order valence-corrected chi connectivity index (χ4v) is 1.76. The van der Waals surface area contributed by atoms with Crippen LogP contribution in [0.15, 0.2) is 47.5 Å². The van der Waals surface area contributed by atoms with E-state index < -0.39 is 0 Å². The summed E-state index contributed by atoms with van der Waals surface area (Å²) in [7, 11) is 0. The Morgan fingerprint density at radius 2 is 1.71 bits per heavy atom. The first-order chi connectivity index (χ1) is 8.04. The molecule has 0 amide bonds. The summed E-state index contributed by atoms with van der Waals surface area (Å²) in [5.74, 6) is 0. The van der Waals surface area contributed by atoms with Gasteiger partial charge in [-0.2, -0.15) is 0 Å². The molecule has 0 saturated carbocycles. The molecule has 0 aliphatic rings. The number of fused-ring (bicyclic) bond motifs is 1. The van der Waals surface area contributed by atoms with Gasteiger partial charge in [-0.1, -0.05) is 57.2 Å². The fourth-order valence-electron chi connectivity index (χ4n) is 1.76. The molecule has 2 aromatic rings. The van der Waals surface area contributed by atoms with Crippen LogP contribution in [0, 0.1) is 5.41 Å². The molecule has 17 heavy (non-hydrogen) atoms. The minimum absolute atomic E-state index is 0.164. The fraction of sp³-hybridized carbons (Fsp3) is 0.312. The Morgan fingerprint density at radius 3 is 2.41 bits per heavy atom. The lowest BCUT2D eigenvalue weighted by Gasteiger charge is -2.10. The van der Waals surface area contributed by atoms with E-state index in [1.807, 2.05) is 6.21 Å². The highest BCUT2D eigenvalue weighted by Crippen LogP contribution is 2.16. The average Bonchev–Trinajstić information content (AvgIpc) is 2.27. The molecule has 2 aromatic carbocycles. The monoisotopic (exact) mass is 225 g/mol. The number of rotatable bonds is 2. The molecule has 0 spiro atoms. The number of hydrogen-bond acceptors (Lipinski definition) is 1. The van der Waals surface area contributed by atoms with Crippen molar-refractivity contribution in [3.8, 4) is 0 Å². The number of hydrogen-bond donors (Lipinski definition) is 0. The zero-order chi connectivity index (χ0) is 12.3. The van der Waals surface area contributed by atoms with E-state index >= 15 is 0 Å².